The number of carbonyl (C=O) groups excluding carboxylic acids is 3. The molecule has 30 heavy (non-hydrogen) atoms. The normalized spacial score (nSPS) is 47.6. The Labute approximate surface area is 178 Å². The molecule has 8 atom stereocenters. The Bertz CT molecular complexity index is 817. The van der Waals surface area contributed by atoms with Gasteiger partial charge in [-0.05, 0) is 67.3 Å². The van der Waals surface area contributed by atoms with Gasteiger partial charge in [-0.15, -0.1) is 0 Å². The van der Waals surface area contributed by atoms with E-state index in [1.807, 2.05) is 13.8 Å². The van der Waals surface area contributed by atoms with Crippen LogP contribution in [0.4, 0.5) is 0 Å². The van der Waals surface area contributed by atoms with Crippen molar-refractivity contribution in [3.8, 4) is 0 Å². The van der Waals surface area contributed by atoms with Crippen LogP contribution in [0.5, 0.6) is 0 Å². The van der Waals surface area contributed by atoms with Gasteiger partial charge in [0.15, 0.2) is 12.4 Å². The first kappa shape index (κ1) is 21.7. The molecular weight excluding hydrogens is 384 g/mol. The predicted molar refractivity (Wildman–Crippen MR) is 109 cm³/mol. The highest BCUT2D eigenvalue weighted by molar-refractivity contribution is 5.92. The van der Waals surface area contributed by atoms with E-state index in [1.165, 1.54) is 6.92 Å². The van der Waals surface area contributed by atoms with Crippen LogP contribution in [0.2, 0.25) is 0 Å². The van der Waals surface area contributed by atoms with Gasteiger partial charge in [-0.2, -0.15) is 0 Å². The van der Waals surface area contributed by atoms with Gasteiger partial charge in [0.1, 0.15) is 5.60 Å². The standard InChI is InChI=1S/C24H34O6/c1-13-9-18-17-6-5-15-10-16(26)7-8-22(15,3)21(17)19(27)11-23(18,4)24(13,29)20(28)12-30-14(2)25/h10,13,17-19,21,27,29H,5-9,11-12H2,1-4H3/t13-,17?,18?,19-,21?,22?,23?,24-/m0/s1. The van der Waals surface area contributed by atoms with Crippen molar-refractivity contribution >= 4 is 17.5 Å². The van der Waals surface area contributed by atoms with Gasteiger partial charge >= 0.3 is 5.97 Å². The highest BCUT2D eigenvalue weighted by Crippen LogP contribution is 2.68. The fourth-order valence-corrected chi connectivity index (χ4v) is 7.89. The minimum Gasteiger partial charge on any atom is -0.458 e. The first-order valence-corrected chi connectivity index (χ1v) is 11.3. The molecule has 5 unspecified atom stereocenters. The van der Waals surface area contributed by atoms with Crippen LogP contribution in [-0.2, 0) is 19.1 Å². The first-order chi connectivity index (χ1) is 13.9. The molecule has 4 aliphatic carbocycles. The predicted octanol–water partition coefficient (Wildman–Crippen LogP) is 2.60. The molecule has 2 N–H and O–H groups in total. The zero-order chi connectivity index (χ0) is 22.1. The van der Waals surface area contributed by atoms with Gasteiger partial charge in [0.25, 0.3) is 0 Å². The zero-order valence-corrected chi connectivity index (χ0v) is 18.4. The average Bonchev–Trinajstić information content (AvgIpc) is 2.87. The number of Topliss-reactive ketones (excluding diaryl/α,β-unsaturated/α-hetero) is 1. The molecule has 0 bridgehead atoms. The van der Waals surface area contributed by atoms with Gasteiger partial charge in [0.05, 0.1) is 6.10 Å². The fourth-order valence-electron chi connectivity index (χ4n) is 7.89. The second kappa shape index (κ2) is 6.99. The number of carbonyl (C=O) groups is 3. The number of aliphatic hydroxyl groups is 2. The van der Waals surface area contributed by atoms with Crippen LogP contribution in [0.1, 0.15) is 66.2 Å². The van der Waals surface area contributed by atoms with E-state index in [2.05, 4.69) is 6.92 Å². The summed E-state index contributed by atoms with van der Waals surface area (Å²) in [6, 6.07) is 0. The number of rotatable bonds is 3. The molecule has 0 radical (unpaired) electrons. The van der Waals surface area contributed by atoms with Gasteiger partial charge in [0.2, 0.25) is 5.78 Å². The van der Waals surface area contributed by atoms with Crippen LogP contribution in [0, 0.1) is 34.5 Å². The van der Waals surface area contributed by atoms with Gasteiger partial charge in [0, 0.05) is 18.8 Å². The van der Waals surface area contributed by atoms with E-state index in [1.54, 1.807) is 6.08 Å². The van der Waals surface area contributed by atoms with Crippen molar-refractivity contribution in [3.63, 3.8) is 0 Å². The molecule has 4 rings (SSSR count). The summed E-state index contributed by atoms with van der Waals surface area (Å²) in [6.07, 6.45) is 5.15. The van der Waals surface area contributed by atoms with Gasteiger partial charge in [-0.1, -0.05) is 26.3 Å². The fraction of sp³-hybridized carbons (Fsp3) is 0.792. The van der Waals surface area contributed by atoms with Crippen LogP contribution in [0.3, 0.4) is 0 Å². The number of esters is 1. The van der Waals surface area contributed by atoms with E-state index in [0.29, 0.717) is 19.3 Å². The Balaban J connectivity index is 1.69. The van der Waals surface area contributed by atoms with Crippen molar-refractivity contribution < 1.29 is 29.3 Å². The van der Waals surface area contributed by atoms with Crippen molar-refractivity contribution in [2.75, 3.05) is 6.61 Å². The monoisotopic (exact) mass is 418 g/mol. The highest BCUT2D eigenvalue weighted by atomic mass is 16.5. The van der Waals surface area contributed by atoms with Crippen LogP contribution in [0.25, 0.3) is 0 Å². The van der Waals surface area contributed by atoms with E-state index in [0.717, 1.165) is 24.8 Å². The molecule has 6 nitrogen and oxygen atoms in total. The topological polar surface area (TPSA) is 101 Å². The summed E-state index contributed by atoms with van der Waals surface area (Å²) in [7, 11) is 0. The molecule has 4 aliphatic rings. The summed E-state index contributed by atoms with van der Waals surface area (Å²) in [6.45, 7) is 6.83. The molecule has 166 valence electrons. The number of ether oxygens (including phenoxy) is 1. The van der Waals surface area contributed by atoms with Crippen molar-refractivity contribution in [1.82, 2.24) is 0 Å². The molecule has 0 amide bonds. The summed E-state index contributed by atoms with van der Waals surface area (Å²) in [5.74, 6) is -0.798. The number of hydrogen-bond donors (Lipinski definition) is 2. The van der Waals surface area contributed by atoms with Gasteiger partial charge < -0.3 is 14.9 Å². The van der Waals surface area contributed by atoms with Crippen LogP contribution < -0.4 is 0 Å². The Kier molecular flexibility index (Phi) is 5.06. The third-order valence-corrected chi connectivity index (χ3v) is 9.31. The third kappa shape index (κ3) is 2.79. The maximum absolute atomic E-state index is 13.1. The number of fused-ring (bicyclic) bond motifs is 5. The summed E-state index contributed by atoms with van der Waals surface area (Å²) >= 11 is 0. The Morgan fingerprint density at radius 1 is 1.27 bits per heavy atom. The number of ketones is 2. The Morgan fingerprint density at radius 3 is 2.63 bits per heavy atom. The maximum Gasteiger partial charge on any atom is 0.303 e. The van der Waals surface area contributed by atoms with Crippen LogP contribution in [0.15, 0.2) is 11.6 Å². The summed E-state index contributed by atoms with van der Waals surface area (Å²) in [4.78, 5) is 36.3. The molecule has 3 saturated carbocycles. The average molecular weight is 419 g/mol. The third-order valence-electron chi connectivity index (χ3n) is 9.31. The SMILES string of the molecule is CC(=O)OCC(=O)[C@@]1(O)[C@@H](C)CC2C3CCC4=CC(=O)CCC4(C)C3[C@@H](O)CC21C. The van der Waals surface area contributed by atoms with Crippen molar-refractivity contribution in [1.29, 1.82) is 0 Å². The largest absolute Gasteiger partial charge is 0.458 e. The van der Waals surface area contributed by atoms with Crippen LogP contribution >= 0.6 is 0 Å². The minimum atomic E-state index is -1.63. The van der Waals surface area contributed by atoms with E-state index >= 15 is 0 Å². The van der Waals surface area contributed by atoms with Crippen LogP contribution in [-0.4, -0.2) is 46.1 Å². The first-order valence-electron chi connectivity index (χ1n) is 11.3. The summed E-state index contributed by atoms with van der Waals surface area (Å²) < 4.78 is 4.93. The van der Waals surface area contributed by atoms with E-state index in [-0.39, 0.29) is 34.9 Å². The second-order valence-electron chi connectivity index (χ2n) is 10.7. The molecule has 6 heteroatoms. The van der Waals surface area contributed by atoms with Gasteiger partial charge in [-0.3, -0.25) is 14.4 Å². The number of hydrogen-bond acceptors (Lipinski definition) is 6. The molecule has 0 heterocycles. The molecule has 0 aliphatic heterocycles. The number of allylic oxidation sites excluding steroid dienone is 1. The lowest BCUT2D eigenvalue weighted by molar-refractivity contribution is -0.188. The molecular formula is C24H34O6. The van der Waals surface area contributed by atoms with E-state index < -0.39 is 35.5 Å². The Hall–Kier alpha value is -1.53. The lowest BCUT2D eigenvalue weighted by Crippen LogP contribution is -2.63. The lowest BCUT2D eigenvalue weighted by atomic mass is 9.45. The maximum atomic E-state index is 13.1. The smallest absolute Gasteiger partial charge is 0.303 e. The van der Waals surface area contributed by atoms with Crippen molar-refractivity contribution in [2.24, 2.45) is 34.5 Å². The molecule has 0 aromatic heterocycles. The summed E-state index contributed by atoms with van der Waals surface area (Å²) in [5, 5.41) is 23.1. The summed E-state index contributed by atoms with van der Waals surface area (Å²) in [5.41, 5.74) is -1.44. The quantitative estimate of drug-likeness (QED) is 0.683. The Morgan fingerprint density at radius 2 is 1.97 bits per heavy atom. The molecule has 0 saturated heterocycles. The molecule has 0 aromatic carbocycles. The minimum absolute atomic E-state index is 0.0294. The second-order valence-corrected chi connectivity index (χ2v) is 10.7. The molecule has 3 fully saturated rings. The zero-order valence-electron chi connectivity index (χ0n) is 18.4. The van der Waals surface area contributed by atoms with Crippen molar-refractivity contribution in [2.45, 2.75) is 77.9 Å². The lowest BCUT2D eigenvalue weighted by Gasteiger charge is -2.60. The number of aliphatic hydroxyl groups excluding tert-OH is 1. The highest BCUT2D eigenvalue weighted by Gasteiger charge is 2.70. The molecule has 0 aromatic rings. The van der Waals surface area contributed by atoms with E-state index in [9.17, 15) is 24.6 Å². The van der Waals surface area contributed by atoms with Gasteiger partial charge in [-0.25, -0.2) is 0 Å². The van der Waals surface area contributed by atoms with E-state index in [4.69, 9.17) is 4.74 Å². The molecule has 0 spiro atoms. The van der Waals surface area contributed by atoms with Crippen molar-refractivity contribution in [3.05, 3.63) is 11.6 Å².